The molecule has 2 N–H and O–H groups in total. The van der Waals surface area contributed by atoms with Crippen molar-refractivity contribution in [2.24, 2.45) is 0 Å². The molecule has 0 saturated carbocycles. The lowest BCUT2D eigenvalue weighted by Gasteiger charge is -2.29. The van der Waals surface area contributed by atoms with E-state index in [4.69, 9.17) is 14.2 Å². The van der Waals surface area contributed by atoms with Gasteiger partial charge in [0.1, 0.15) is 13.1 Å². The maximum Gasteiger partial charge on any atom is 0.290 e. The van der Waals surface area contributed by atoms with Gasteiger partial charge >= 0.3 is 0 Å². The first-order chi connectivity index (χ1) is 16.0. The highest BCUT2D eigenvalue weighted by molar-refractivity contribution is 7.12. The number of aliphatic hydroxyl groups is 1. The standard InChI is InChI=1S/C24H28N2O6S/c1-30-17-7-6-16(15-18(17)31-2)21-20(22(27)19-5-3-14-33-19)23(28)24(29)26(21)9-4-8-25-10-12-32-13-11-25/h3,5-7,14-15,21,28H,4,8-13H2,1-2H3/p+1/t21-/m0/s1. The van der Waals surface area contributed by atoms with Gasteiger partial charge in [-0.05, 0) is 29.1 Å². The number of ether oxygens (including phenoxy) is 3. The number of ketones is 1. The van der Waals surface area contributed by atoms with Gasteiger partial charge in [-0.15, -0.1) is 11.3 Å². The Morgan fingerprint density at radius 2 is 1.97 bits per heavy atom. The lowest BCUT2D eigenvalue weighted by atomic mass is 9.95. The molecule has 9 heteroatoms. The van der Waals surface area contributed by atoms with E-state index >= 15 is 0 Å². The zero-order valence-corrected chi connectivity index (χ0v) is 19.7. The summed E-state index contributed by atoms with van der Waals surface area (Å²) in [6.45, 7) is 4.69. The summed E-state index contributed by atoms with van der Waals surface area (Å²) < 4.78 is 16.2. The summed E-state index contributed by atoms with van der Waals surface area (Å²) >= 11 is 1.29. The molecule has 1 aromatic carbocycles. The van der Waals surface area contributed by atoms with Gasteiger partial charge in [-0.25, -0.2) is 0 Å². The Hall–Kier alpha value is -2.88. The van der Waals surface area contributed by atoms with E-state index in [1.807, 2.05) is 0 Å². The molecule has 2 aliphatic heterocycles. The van der Waals surface area contributed by atoms with Crippen LogP contribution in [0.15, 0.2) is 47.0 Å². The van der Waals surface area contributed by atoms with Crippen molar-refractivity contribution in [1.82, 2.24) is 4.90 Å². The summed E-state index contributed by atoms with van der Waals surface area (Å²) in [5.41, 5.74) is 0.789. The fraction of sp³-hybridized carbons (Fsp3) is 0.417. The maximum absolute atomic E-state index is 13.3. The minimum Gasteiger partial charge on any atom is -0.503 e. The van der Waals surface area contributed by atoms with Crippen molar-refractivity contribution in [3.8, 4) is 11.5 Å². The van der Waals surface area contributed by atoms with Crippen LogP contribution in [0.3, 0.4) is 0 Å². The topological polar surface area (TPSA) is 89.7 Å². The van der Waals surface area contributed by atoms with Gasteiger partial charge in [-0.2, -0.15) is 0 Å². The number of thiophene rings is 1. The molecular formula is C24H29N2O6S+. The van der Waals surface area contributed by atoms with Crippen LogP contribution in [-0.4, -0.2) is 75.3 Å². The Morgan fingerprint density at radius 3 is 2.64 bits per heavy atom. The predicted molar refractivity (Wildman–Crippen MR) is 123 cm³/mol. The normalized spacial score (nSPS) is 19.3. The number of nitrogens with zero attached hydrogens (tertiary/aromatic N) is 1. The number of Topliss-reactive ketones (excluding diaryl/α,β-unsaturated/α-hetero) is 1. The number of hydrogen-bond acceptors (Lipinski definition) is 7. The first-order valence-electron chi connectivity index (χ1n) is 11.0. The van der Waals surface area contributed by atoms with Crippen LogP contribution in [-0.2, 0) is 9.53 Å². The monoisotopic (exact) mass is 473 g/mol. The first-order valence-corrected chi connectivity index (χ1v) is 11.9. The number of carbonyl (C=O) groups is 2. The van der Waals surface area contributed by atoms with Crippen LogP contribution in [0.1, 0.15) is 27.7 Å². The highest BCUT2D eigenvalue weighted by Gasteiger charge is 2.44. The third-order valence-corrected chi connectivity index (χ3v) is 7.01. The summed E-state index contributed by atoms with van der Waals surface area (Å²) in [6.07, 6.45) is 0.749. The number of methoxy groups -OCH3 is 2. The van der Waals surface area contributed by atoms with E-state index in [1.54, 1.807) is 47.7 Å². The zero-order valence-electron chi connectivity index (χ0n) is 18.8. The summed E-state index contributed by atoms with van der Waals surface area (Å²) in [6, 6.07) is 8.09. The predicted octanol–water partition coefficient (Wildman–Crippen LogP) is 1.65. The minimum absolute atomic E-state index is 0.105. The maximum atomic E-state index is 13.3. The highest BCUT2D eigenvalue weighted by atomic mass is 32.1. The molecule has 0 unspecified atom stereocenters. The summed E-state index contributed by atoms with van der Waals surface area (Å²) in [4.78, 5) is 30.0. The lowest BCUT2D eigenvalue weighted by molar-refractivity contribution is -0.908. The largest absolute Gasteiger partial charge is 0.503 e. The smallest absolute Gasteiger partial charge is 0.290 e. The Labute approximate surface area is 197 Å². The molecule has 4 rings (SSSR count). The van der Waals surface area contributed by atoms with Crippen LogP contribution in [0.5, 0.6) is 11.5 Å². The van der Waals surface area contributed by atoms with Crippen LogP contribution in [0.4, 0.5) is 0 Å². The third-order valence-electron chi connectivity index (χ3n) is 6.15. The van der Waals surface area contributed by atoms with Crippen molar-refractivity contribution in [2.75, 3.05) is 53.6 Å². The molecule has 8 nitrogen and oxygen atoms in total. The molecule has 1 aromatic heterocycles. The minimum atomic E-state index is -0.702. The number of rotatable bonds is 9. The van der Waals surface area contributed by atoms with Crippen molar-refractivity contribution in [3.63, 3.8) is 0 Å². The van der Waals surface area contributed by atoms with Gasteiger partial charge in [-0.3, -0.25) is 9.59 Å². The van der Waals surface area contributed by atoms with E-state index in [1.165, 1.54) is 23.3 Å². The van der Waals surface area contributed by atoms with Crippen LogP contribution in [0.25, 0.3) is 0 Å². The molecule has 33 heavy (non-hydrogen) atoms. The molecule has 0 spiro atoms. The van der Waals surface area contributed by atoms with Gasteiger partial charge in [-0.1, -0.05) is 12.1 Å². The number of quaternary nitrogens is 1. The molecule has 0 bridgehead atoms. The van der Waals surface area contributed by atoms with Crippen molar-refractivity contribution in [2.45, 2.75) is 12.5 Å². The number of hydrogen-bond donors (Lipinski definition) is 2. The average Bonchev–Trinajstić information content (AvgIpc) is 3.47. The second kappa shape index (κ2) is 10.4. The first kappa shape index (κ1) is 23.3. The van der Waals surface area contributed by atoms with Gasteiger partial charge in [0, 0.05) is 13.0 Å². The van der Waals surface area contributed by atoms with Crippen molar-refractivity contribution in [3.05, 3.63) is 57.5 Å². The van der Waals surface area contributed by atoms with Crippen LogP contribution < -0.4 is 14.4 Å². The Kier molecular flexibility index (Phi) is 7.32. The quantitative estimate of drug-likeness (QED) is 0.539. The third kappa shape index (κ3) is 4.75. The van der Waals surface area contributed by atoms with Crippen molar-refractivity contribution >= 4 is 23.0 Å². The summed E-state index contributed by atoms with van der Waals surface area (Å²) in [5, 5.41) is 12.6. The molecule has 1 amide bonds. The second-order valence-electron chi connectivity index (χ2n) is 8.05. The average molecular weight is 474 g/mol. The number of carbonyl (C=O) groups excluding carboxylic acids is 2. The molecule has 1 saturated heterocycles. The molecule has 1 atom stereocenters. The van der Waals surface area contributed by atoms with E-state index in [0.717, 1.165) is 39.3 Å². The van der Waals surface area contributed by atoms with Crippen LogP contribution in [0, 0.1) is 0 Å². The Morgan fingerprint density at radius 1 is 1.21 bits per heavy atom. The van der Waals surface area contributed by atoms with Gasteiger partial charge in [0.05, 0.1) is 50.5 Å². The summed E-state index contributed by atoms with van der Waals surface area (Å²) in [5.74, 6) is -0.294. The molecule has 0 radical (unpaired) electrons. The molecule has 3 heterocycles. The van der Waals surface area contributed by atoms with Gasteiger partial charge in [0.15, 0.2) is 17.3 Å². The number of amides is 1. The molecule has 176 valence electrons. The molecule has 0 aliphatic carbocycles. The number of morpholine rings is 1. The molecular weight excluding hydrogens is 444 g/mol. The van der Waals surface area contributed by atoms with Gasteiger partial charge in [0.2, 0.25) is 5.78 Å². The van der Waals surface area contributed by atoms with Gasteiger partial charge in [0.25, 0.3) is 5.91 Å². The van der Waals surface area contributed by atoms with E-state index in [-0.39, 0.29) is 11.4 Å². The molecule has 1 fully saturated rings. The Balaban J connectivity index is 1.65. The Bertz CT molecular complexity index is 1030. The lowest BCUT2D eigenvalue weighted by Crippen LogP contribution is -3.14. The van der Waals surface area contributed by atoms with Crippen molar-refractivity contribution in [1.29, 1.82) is 0 Å². The highest BCUT2D eigenvalue weighted by Crippen LogP contribution is 2.42. The zero-order chi connectivity index (χ0) is 23.4. The van der Waals surface area contributed by atoms with Gasteiger partial charge < -0.3 is 29.1 Å². The van der Waals surface area contributed by atoms with Crippen molar-refractivity contribution < 1.29 is 33.8 Å². The number of benzene rings is 1. The van der Waals surface area contributed by atoms with Crippen LogP contribution in [0.2, 0.25) is 0 Å². The fourth-order valence-electron chi connectivity index (χ4n) is 4.44. The van der Waals surface area contributed by atoms with E-state index in [9.17, 15) is 14.7 Å². The van der Waals surface area contributed by atoms with E-state index < -0.39 is 17.7 Å². The number of aliphatic hydroxyl groups excluding tert-OH is 1. The number of nitrogens with one attached hydrogen (secondary N) is 1. The van der Waals surface area contributed by atoms with E-state index in [0.29, 0.717) is 28.5 Å². The molecule has 2 aliphatic rings. The summed E-state index contributed by atoms with van der Waals surface area (Å²) in [7, 11) is 3.09. The molecule has 2 aromatic rings. The van der Waals surface area contributed by atoms with Crippen LogP contribution >= 0.6 is 11.3 Å². The fourth-order valence-corrected chi connectivity index (χ4v) is 5.11. The SMILES string of the molecule is COc1ccc([C@H]2C(C(=O)c3cccs3)=C(O)C(=O)N2CCC[NH+]2CCOCC2)cc1OC. The second-order valence-corrected chi connectivity index (χ2v) is 9.00. The van der Waals surface area contributed by atoms with E-state index in [2.05, 4.69) is 0 Å².